The number of aromatic nitrogens is 3. The van der Waals surface area contributed by atoms with Crippen LogP contribution >= 0.6 is 0 Å². The molecule has 0 saturated carbocycles. The molecular formula is C28H27F2N7O. The Labute approximate surface area is 219 Å². The van der Waals surface area contributed by atoms with Gasteiger partial charge in [-0.3, -0.25) is 4.90 Å². The molecule has 2 unspecified atom stereocenters. The van der Waals surface area contributed by atoms with E-state index in [1.54, 1.807) is 22.8 Å². The third-order valence-electron chi connectivity index (χ3n) is 7.46. The highest BCUT2D eigenvalue weighted by Crippen LogP contribution is 2.36. The highest BCUT2D eigenvalue weighted by molar-refractivity contribution is 5.86. The van der Waals surface area contributed by atoms with E-state index in [-0.39, 0.29) is 18.1 Å². The number of ether oxygens (including phenoxy) is 1. The smallest absolute Gasteiger partial charge is 0.165 e. The minimum absolute atomic E-state index is 0.191. The van der Waals surface area contributed by atoms with Crippen LogP contribution in [0.15, 0.2) is 55.0 Å². The van der Waals surface area contributed by atoms with Crippen molar-refractivity contribution >= 4 is 17.0 Å². The topological polar surface area (TPSA) is 81.7 Å². The van der Waals surface area contributed by atoms with Gasteiger partial charge in [-0.25, -0.2) is 18.3 Å². The molecule has 0 radical (unpaired) electrons. The molecule has 4 aromatic rings. The minimum Gasteiger partial charge on any atom is -0.494 e. The molecule has 3 aliphatic heterocycles. The predicted octanol–water partition coefficient (Wildman–Crippen LogP) is 4.26. The SMILES string of the molecule is COc1ccc(CN2C3CC2CN(c2ccc(-c4cc(NCCF)cn5ncc(C#N)c45)cn2)C3)cc1F. The first-order chi connectivity index (χ1) is 18.6. The molecule has 10 heteroatoms. The number of pyridine rings is 2. The Morgan fingerprint density at radius 1 is 1.16 bits per heavy atom. The molecule has 0 spiro atoms. The maximum Gasteiger partial charge on any atom is 0.165 e. The van der Waals surface area contributed by atoms with Crippen LogP contribution in [-0.4, -0.2) is 65.0 Å². The molecule has 3 aromatic heterocycles. The first-order valence-electron chi connectivity index (χ1n) is 12.6. The maximum absolute atomic E-state index is 14.1. The van der Waals surface area contributed by atoms with Gasteiger partial charge in [-0.15, -0.1) is 0 Å². The van der Waals surface area contributed by atoms with Gasteiger partial charge in [0.1, 0.15) is 18.6 Å². The number of rotatable bonds is 8. The molecule has 3 fully saturated rings. The number of nitriles is 1. The summed E-state index contributed by atoms with van der Waals surface area (Å²) >= 11 is 0. The van der Waals surface area contributed by atoms with Crippen molar-refractivity contribution in [2.24, 2.45) is 0 Å². The fourth-order valence-corrected chi connectivity index (χ4v) is 5.60. The van der Waals surface area contributed by atoms with Crippen LogP contribution in [0, 0.1) is 17.1 Å². The summed E-state index contributed by atoms with van der Waals surface area (Å²) in [4.78, 5) is 9.49. The van der Waals surface area contributed by atoms with Gasteiger partial charge in [0.25, 0.3) is 0 Å². The molecule has 38 heavy (non-hydrogen) atoms. The van der Waals surface area contributed by atoms with Crippen LogP contribution < -0.4 is 15.0 Å². The Morgan fingerprint density at radius 2 is 2.00 bits per heavy atom. The van der Waals surface area contributed by atoms with E-state index in [1.165, 1.54) is 13.3 Å². The molecule has 7 rings (SSSR count). The molecule has 2 atom stereocenters. The zero-order valence-corrected chi connectivity index (χ0v) is 20.9. The number of piperidine rings is 1. The Bertz CT molecular complexity index is 1500. The highest BCUT2D eigenvalue weighted by atomic mass is 19.1. The number of anilines is 2. The number of hydrogen-bond donors (Lipinski definition) is 1. The Kier molecular flexibility index (Phi) is 6.29. The number of benzene rings is 1. The Hall–Kier alpha value is -4.23. The fraction of sp³-hybridized carbons (Fsp3) is 0.321. The Morgan fingerprint density at radius 3 is 2.68 bits per heavy atom. The lowest BCUT2D eigenvalue weighted by atomic mass is 9.86. The molecular weight excluding hydrogens is 488 g/mol. The average molecular weight is 516 g/mol. The molecule has 1 N–H and O–H groups in total. The number of nitrogens with one attached hydrogen (secondary N) is 1. The van der Waals surface area contributed by atoms with Crippen molar-refractivity contribution in [1.82, 2.24) is 19.5 Å². The Balaban J connectivity index is 1.19. The van der Waals surface area contributed by atoms with Gasteiger partial charge >= 0.3 is 0 Å². The molecule has 3 saturated heterocycles. The number of methoxy groups -OCH3 is 1. The molecule has 3 aliphatic rings. The van der Waals surface area contributed by atoms with Crippen molar-refractivity contribution in [1.29, 1.82) is 5.26 Å². The monoisotopic (exact) mass is 515 g/mol. The van der Waals surface area contributed by atoms with Crippen molar-refractivity contribution < 1.29 is 13.5 Å². The van der Waals surface area contributed by atoms with Crippen LogP contribution in [0.2, 0.25) is 0 Å². The lowest BCUT2D eigenvalue weighted by Gasteiger charge is -2.56. The number of nitrogens with zero attached hydrogens (tertiary/aromatic N) is 6. The van der Waals surface area contributed by atoms with Crippen LogP contribution in [-0.2, 0) is 6.54 Å². The molecule has 2 bridgehead atoms. The largest absolute Gasteiger partial charge is 0.494 e. The van der Waals surface area contributed by atoms with E-state index in [2.05, 4.69) is 26.3 Å². The molecule has 0 amide bonds. The van der Waals surface area contributed by atoms with Crippen LogP contribution in [0.1, 0.15) is 17.5 Å². The number of halogens is 2. The van der Waals surface area contributed by atoms with Crippen LogP contribution in [0.5, 0.6) is 5.75 Å². The number of hydrogen-bond acceptors (Lipinski definition) is 7. The lowest BCUT2D eigenvalue weighted by Crippen LogP contribution is -2.68. The summed E-state index contributed by atoms with van der Waals surface area (Å²) in [7, 11) is 1.47. The zero-order valence-electron chi connectivity index (χ0n) is 20.9. The predicted molar refractivity (Wildman–Crippen MR) is 141 cm³/mol. The van der Waals surface area contributed by atoms with E-state index in [0.29, 0.717) is 29.7 Å². The number of alkyl halides is 1. The van der Waals surface area contributed by atoms with Gasteiger partial charge in [-0.2, -0.15) is 10.4 Å². The van der Waals surface area contributed by atoms with E-state index in [9.17, 15) is 14.0 Å². The lowest BCUT2D eigenvalue weighted by molar-refractivity contribution is -0.00875. The summed E-state index contributed by atoms with van der Waals surface area (Å²) < 4.78 is 33.6. The van der Waals surface area contributed by atoms with Gasteiger partial charge in [0.2, 0.25) is 0 Å². The maximum atomic E-state index is 14.1. The number of fused-ring (bicyclic) bond motifs is 3. The van der Waals surface area contributed by atoms with Gasteiger partial charge in [0.05, 0.1) is 36.3 Å². The van der Waals surface area contributed by atoms with Gasteiger partial charge < -0.3 is 15.0 Å². The van der Waals surface area contributed by atoms with Crippen molar-refractivity contribution in [3.05, 3.63) is 71.9 Å². The summed E-state index contributed by atoms with van der Waals surface area (Å²) in [6.07, 6.45) is 6.23. The normalized spacial score (nSPS) is 18.7. The van der Waals surface area contributed by atoms with Gasteiger partial charge in [-0.1, -0.05) is 6.07 Å². The van der Waals surface area contributed by atoms with Crippen molar-refractivity contribution in [2.45, 2.75) is 25.0 Å². The highest BCUT2D eigenvalue weighted by Gasteiger charge is 2.44. The second-order valence-corrected chi connectivity index (χ2v) is 9.72. The second kappa shape index (κ2) is 9.91. The quantitative estimate of drug-likeness (QED) is 0.376. The fourth-order valence-electron chi connectivity index (χ4n) is 5.60. The third kappa shape index (κ3) is 4.29. The summed E-state index contributed by atoms with van der Waals surface area (Å²) in [5, 5.41) is 16.9. The van der Waals surface area contributed by atoms with Crippen molar-refractivity contribution in [3.63, 3.8) is 0 Å². The van der Waals surface area contributed by atoms with E-state index in [4.69, 9.17) is 9.72 Å². The van der Waals surface area contributed by atoms with E-state index >= 15 is 0 Å². The molecule has 1 aromatic carbocycles. The van der Waals surface area contributed by atoms with Crippen molar-refractivity contribution in [2.75, 3.05) is 43.6 Å². The first kappa shape index (κ1) is 24.1. The van der Waals surface area contributed by atoms with Gasteiger partial charge in [-0.05, 0) is 42.3 Å². The standard InChI is InChI=1S/C28H27F2N7O/c1-38-26-4-2-18(8-25(26)30)14-36-22-10-23(36)17-35(16-22)27-5-3-19(12-33-27)24-9-21(32-7-6-29)15-37-28(24)20(11-31)13-34-37/h2-5,8-9,12-13,15,22-23,32H,6-7,10,14,16-17H2,1H3. The summed E-state index contributed by atoms with van der Waals surface area (Å²) in [5.41, 5.74) is 4.48. The molecule has 194 valence electrons. The first-order valence-corrected chi connectivity index (χ1v) is 12.6. The van der Waals surface area contributed by atoms with Crippen LogP contribution in [0.4, 0.5) is 20.3 Å². The minimum atomic E-state index is -0.488. The molecule has 6 heterocycles. The summed E-state index contributed by atoms with van der Waals surface area (Å²) in [5.74, 6) is 0.828. The van der Waals surface area contributed by atoms with E-state index < -0.39 is 6.67 Å². The molecule has 0 aliphatic carbocycles. The number of piperazine rings is 1. The van der Waals surface area contributed by atoms with Crippen molar-refractivity contribution in [3.8, 4) is 22.9 Å². The van der Waals surface area contributed by atoms with E-state index in [1.807, 2.05) is 30.5 Å². The average Bonchev–Trinajstić information content (AvgIpc) is 3.37. The van der Waals surface area contributed by atoms with Crippen LogP contribution in [0.3, 0.4) is 0 Å². The van der Waals surface area contributed by atoms with Gasteiger partial charge in [0, 0.05) is 55.6 Å². The summed E-state index contributed by atoms with van der Waals surface area (Å²) in [6.45, 7) is 2.13. The zero-order chi connectivity index (χ0) is 26.2. The molecule has 8 nitrogen and oxygen atoms in total. The second-order valence-electron chi connectivity index (χ2n) is 9.72. The third-order valence-corrected chi connectivity index (χ3v) is 7.46. The summed E-state index contributed by atoms with van der Waals surface area (Å²) in [6, 6.07) is 14.1. The van der Waals surface area contributed by atoms with Gasteiger partial charge in [0.15, 0.2) is 11.6 Å². The van der Waals surface area contributed by atoms with Crippen LogP contribution in [0.25, 0.3) is 16.6 Å². The van der Waals surface area contributed by atoms with E-state index in [0.717, 1.165) is 47.7 Å².